The molecule has 0 saturated carbocycles. The van der Waals surface area contributed by atoms with Crippen molar-refractivity contribution in [2.75, 3.05) is 32.8 Å². The summed E-state index contributed by atoms with van der Waals surface area (Å²) < 4.78 is 11.0. The predicted molar refractivity (Wildman–Crippen MR) is 122 cm³/mol. The number of unbranched alkanes of at least 4 members (excludes halogenated alkanes) is 1. The van der Waals surface area contributed by atoms with Gasteiger partial charge in [-0.3, -0.25) is 4.99 Å². The van der Waals surface area contributed by atoms with E-state index in [1.54, 1.807) is 0 Å². The second-order valence-electron chi connectivity index (χ2n) is 6.31. The molecule has 0 saturated heterocycles. The van der Waals surface area contributed by atoms with Crippen LogP contribution in [-0.2, 0) is 4.74 Å². The Labute approximate surface area is 181 Å². The molecule has 0 amide bonds. The number of guanidine groups is 1. The van der Waals surface area contributed by atoms with Gasteiger partial charge in [0.05, 0.1) is 18.8 Å². The van der Waals surface area contributed by atoms with Gasteiger partial charge in [-0.05, 0) is 58.2 Å². The predicted octanol–water partition coefficient (Wildman–Crippen LogP) is 3.50. The Morgan fingerprint density at radius 2 is 1.96 bits per heavy atom. The number of benzene rings is 1. The Balaban J connectivity index is 0.00000676. The number of aliphatic hydroxyl groups excluding tert-OH is 1. The lowest BCUT2D eigenvalue weighted by Gasteiger charge is -2.15. The highest BCUT2D eigenvalue weighted by atomic mass is 127. The van der Waals surface area contributed by atoms with Crippen LogP contribution in [0.3, 0.4) is 0 Å². The summed E-state index contributed by atoms with van der Waals surface area (Å²) in [6.45, 7) is 11.4. The molecule has 0 aliphatic rings. The van der Waals surface area contributed by atoms with Crippen LogP contribution in [0.25, 0.3) is 0 Å². The fourth-order valence-corrected chi connectivity index (χ4v) is 2.37. The van der Waals surface area contributed by atoms with Gasteiger partial charge in [-0.25, -0.2) is 0 Å². The molecule has 0 heterocycles. The lowest BCUT2D eigenvalue weighted by molar-refractivity contribution is 0.143. The summed E-state index contributed by atoms with van der Waals surface area (Å²) in [5, 5.41) is 16.9. The normalized spacial score (nSPS) is 12.4. The van der Waals surface area contributed by atoms with E-state index in [0.717, 1.165) is 56.4 Å². The standard InChI is InChI=1S/C20H35N3O3.HI/c1-5-21-20(22-12-7-8-13-25-6-2)23-15-19(24)17-10-9-11-18(14-17)26-16(3)4;/h9-11,14,16,19,24H,5-8,12-13,15H2,1-4H3,(H2,21,22,23);1H. The molecule has 0 radical (unpaired) electrons. The number of halogens is 1. The molecule has 3 N–H and O–H groups in total. The topological polar surface area (TPSA) is 75.1 Å². The Hall–Kier alpha value is -1.06. The highest BCUT2D eigenvalue weighted by molar-refractivity contribution is 14.0. The van der Waals surface area contributed by atoms with Gasteiger partial charge in [0.15, 0.2) is 5.96 Å². The van der Waals surface area contributed by atoms with E-state index in [9.17, 15) is 5.11 Å². The second kappa shape index (κ2) is 15.9. The van der Waals surface area contributed by atoms with Gasteiger partial charge in [-0.2, -0.15) is 0 Å². The van der Waals surface area contributed by atoms with E-state index in [-0.39, 0.29) is 30.1 Å². The first kappa shape index (κ1) is 25.9. The zero-order valence-electron chi connectivity index (χ0n) is 17.0. The third kappa shape index (κ3) is 12.1. The van der Waals surface area contributed by atoms with Crippen molar-refractivity contribution in [2.45, 2.75) is 52.7 Å². The van der Waals surface area contributed by atoms with E-state index >= 15 is 0 Å². The molecule has 6 nitrogen and oxygen atoms in total. The van der Waals surface area contributed by atoms with Gasteiger partial charge in [0.2, 0.25) is 0 Å². The van der Waals surface area contributed by atoms with Crippen LogP contribution in [0.2, 0.25) is 0 Å². The number of nitrogens with one attached hydrogen (secondary N) is 2. The van der Waals surface area contributed by atoms with Gasteiger partial charge in [0.25, 0.3) is 0 Å². The molecule has 1 aromatic carbocycles. The van der Waals surface area contributed by atoms with E-state index in [1.807, 2.05) is 52.0 Å². The van der Waals surface area contributed by atoms with Crippen LogP contribution in [0, 0.1) is 0 Å². The van der Waals surface area contributed by atoms with Crippen molar-refractivity contribution in [1.82, 2.24) is 10.6 Å². The smallest absolute Gasteiger partial charge is 0.191 e. The highest BCUT2D eigenvalue weighted by Gasteiger charge is 2.09. The molecule has 1 atom stereocenters. The quantitative estimate of drug-likeness (QED) is 0.180. The number of hydrogen-bond acceptors (Lipinski definition) is 4. The van der Waals surface area contributed by atoms with Crippen LogP contribution in [0.15, 0.2) is 29.3 Å². The van der Waals surface area contributed by atoms with E-state index in [0.29, 0.717) is 6.54 Å². The van der Waals surface area contributed by atoms with Crippen molar-refractivity contribution in [2.24, 2.45) is 4.99 Å². The maximum atomic E-state index is 10.4. The van der Waals surface area contributed by atoms with Crippen LogP contribution in [-0.4, -0.2) is 50.0 Å². The Kier molecular flexibility index (Phi) is 15.3. The third-order valence-corrected chi connectivity index (χ3v) is 3.59. The summed E-state index contributed by atoms with van der Waals surface area (Å²) in [4.78, 5) is 4.49. The first-order chi connectivity index (χ1) is 12.6. The molecule has 1 rings (SSSR count). The molecule has 0 aliphatic carbocycles. The van der Waals surface area contributed by atoms with Crippen LogP contribution in [0.4, 0.5) is 0 Å². The molecule has 0 aromatic heterocycles. The SMILES string of the molecule is CCNC(=NCC(O)c1cccc(OC(C)C)c1)NCCCCOCC.I. The van der Waals surface area contributed by atoms with Crippen LogP contribution >= 0.6 is 24.0 Å². The molecule has 7 heteroatoms. The summed E-state index contributed by atoms with van der Waals surface area (Å²) in [7, 11) is 0. The Bertz CT molecular complexity index is 527. The van der Waals surface area contributed by atoms with Gasteiger partial charge < -0.3 is 25.2 Å². The number of aliphatic hydroxyl groups is 1. The molecule has 156 valence electrons. The van der Waals surface area contributed by atoms with Crippen molar-refractivity contribution in [3.63, 3.8) is 0 Å². The third-order valence-electron chi connectivity index (χ3n) is 3.59. The van der Waals surface area contributed by atoms with E-state index in [2.05, 4.69) is 15.6 Å². The van der Waals surface area contributed by atoms with Gasteiger partial charge in [0, 0.05) is 26.3 Å². The zero-order valence-corrected chi connectivity index (χ0v) is 19.4. The minimum Gasteiger partial charge on any atom is -0.491 e. The van der Waals surface area contributed by atoms with E-state index < -0.39 is 6.10 Å². The van der Waals surface area contributed by atoms with Crippen molar-refractivity contribution < 1.29 is 14.6 Å². The van der Waals surface area contributed by atoms with Gasteiger partial charge in [-0.15, -0.1) is 24.0 Å². The molecule has 0 aliphatic heterocycles. The summed E-state index contributed by atoms with van der Waals surface area (Å²) in [6, 6.07) is 7.55. The Morgan fingerprint density at radius 1 is 1.19 bits per heavy atom. The monoisotopic (exact) mass is 493 g/mol. The molecule has 0 spiro atoms. The lowest BCUT2D eigenvalue weighted by atomic mass is 10.1. The average molecular weight is 493 g/mol. The van der Waals surface area contributed by atoms with Crippen LogP contribution in [0.1, 0.15) is 52.2 Å². The fraction of sp³-hybridized carbons (Fsp3) is 0.650. The van der Waals surface area contributed by atoms with Crippen LogP contribution < -0.4 is 15.4 Å². The molecular formula is C20H36IN3O3. The zero-order chi connectivity index (χ0) is 19.2. The second-order valence-corrected chi connectivity index (χ2v) is 6.31. The number of nitrogens with zero attached hydrogens (tertiary/aromatic N) is 1. The maximum absolute atomic E-state index is 10.4. The number of rotatable bonds is 12. The minimum atomic E-state index is -0.667. The number of aliphatic imine (C=N–C) groups is 1. The lowest BCUT2D eigenvalue weighted by Crippen LogP contribution is -2.38. The van der Waals surface area contributed by atoms with Crippen molar-refractivity contribution in [3.8, 4) is 5.75 Å². The van der Waals surface area contributed by atoms with Gasteiger partial charge in [0.1, 0.15) is 5.75 Å². The highest BCUT2D eigenvalue weighted by Crippen LogP contribution is 2.20. The van der Waals surface area contributed by atoms with E-state index in [1.165, 1.54) is 0 Å². The molecule has 1 aromatic rings. The number of ether oxygens (including phenoxy) is 2. The van der Waals surface area contributed by atoms with E-state index in [4.69, 9.17) is 9.47 Å². The maximum Gasteiger partial charge on any atom is 0.191 e. The van der Waals surface area contributed by atoms with Crippen molar-refractivity contribution in [1.29, 1.82) is 0 Å². The molecular weight excluding hydrogens is 457 g/mol. The van der Waals surface area contributed by atoms with Crippen molar-refractivity contribution >= 4 is 29.9 Å². The molecule has 1 unspecified atom stereocenters. The number of hydrogen-bond donors (Lipinski definition) is 3. The summed E-state index contributed by atoms with van der Waals surface area (Å²) in [6.07, 6.45) is 1.47. The average Bonchev–Trinajstić information content (AvgIpc) is 2.61. The summed E-state index contributed by atoms with van der Waals surface area (Å²) in [5.41, 5.74) is 0.805. The molecule has 0 bridgehead atoms. The molecule has 27 heavy (non-hydrogen) atoms. The molecule has 0 fully saturated rings. The largest absolute Gasteiger partial charge is 0.491 e. The minimum absolute atomic E-state index is 0. The fourth-order valence-electron chi connectivity index (χ4n) is 2.37. The van der Waals surface area contributed by atoms with Crippen molar-refractivity contribution in [3.05, 3.63) is 29.8 Å². The van der Waals surface area contributed by atoms with Crippen LogP contribution in [0.5, 0.6) is 5.75 Å². The summed E-state index contributed by atoms with van der Waals surface area (Å²) in [5.74, 6) is 1.48. The van der Waals surface area contributed by atoms with Gasteiger partial charge >= 0.3 is 0 Å². The first-order valence-corrected chi connectivity index (χ1v) is 9.61. The first-order valence-electron chi connectivity index (χ1n) is 9.61. The summed E-state index contributed by atoms with van der Waals surface area (Å²) >= 11 is 0. The Morgan fingerprint density at radius 3 is 2.63 bits per heavy atom. The van der Waals surface area contributed by atoms with Gasteiger partial charge in [-0.1, -0.05) is 12.1 Å².